The summed E-state index contributed by atoms with van der Waals surface area (Å²) in [6.07, 6.45) is 7.11. The quantitative estimate of drug-likeness (QED) is 0.150. The van der Waals surface area contributed by atoms with Crippen LogP contribution in [0.25, 0.3) is 10.8 Å². The van der Waals surface area contributed by atoms with Gasteiger partial charge in [-0.05, 0) is 46.5 Å². The molecule has 1 unspecified atom stereocenters. The molecule has 0 spiro atoms. The monoisotopic (exact) mass is 496 g/mol. The molecular formula is C28H32O8. The number of hydrogen-bond donors (Lipinski definition) is 0. The van der Waals surface area contributed by atoms with Gasteiger partial charge in [-0.3, -0.25) is 0 Å². The molecule has 2 aromatic rings. The second-order valence-corrected chi connectivity index (χ2v) is 7.80. The lowest BCUT2D eigenvalue weighted by Crippen LogP contribution is -2.14. The first kappa shape index (κ1) is 27.1. The Morgan fingerprint density at radius 2 is 1.47 bits per heavy atom. The van der Waals surface area contributed by atoms with E-state index in [0.29, 0.717) is 39.6 Å². The van der Waals surface area contributed by atoms with Gasteiger partial charge >= 0.3 is 11.9 Å². The van der Waals surface area contributed by atoms with Gasteiger partial charge in [-0.2, -0.15) is 0 Å². The van der Waals surface area contributed by atoms with Crippen molar-refractivity contribution in [2.24, 2.45) is 0 Å². The lowest BCUT2D eigenvalue weighted by Gasteiger charge is -2.22. The number of carbonyl (C=O) groups excluding carboxylic acids is 2. The fourth-order valence-electron chi connectivity index (χ4n) is 3.62. The highest BCUT2D eigenvalue weighted by atomic mass is 16.6. The maximum atomic E-state index is 11.0. The van der Waals surface area contributed by atoms with E-state index in [2.05, 4.69) is 37.4 Å². The van der Waals surface area contributed by atoms with Crippen LogP contribution < -0.4 is 4.74 Å². The zero-order chi connectivity index (χ0) is 25.6. The van der Waals surface area contributed by atoms with Crippen molar-refractivity contribution < 1.29 is 38.0 Å². The summed E-state index contributed by atoms with van der Waals surface area (Å²) in [5.41, 5.74) is 2.35. The largest absolute Gasteiger partial charge is 0.491 e. The summed E-state index contributed by atoms with van der Waals surface area (Å²) >= 11 is 0. The maximum Gasteiger partial charge on any atom is 0.330 e. The third-order valence-corrected chi connectivity index (χ3v) is 5.32. The van der Waals surface area contributed by atoms with E-state index < -0.39 is 11.9 Å². The van der Waals surface area contributed by atoms with Gasteiger partial charge in [-0.1, -0.05) is 37.4 Å². The highest BCUT2D eigenvalue weighted by Crippen LogP contribution is 2.33. The molecular weight excluding hydrogens is 464 g/mol. The third kappa shape index (κ3) is 8.64. The molecule has 0 saturated heterocycles. The van der Waals surface area contributed by atoms with Crippen molar-refractivity contribution in [2.45, 2.75) is 12.5 Å². The molecule has 0 fully saturated rings. The zero-order valence-electron chi connectivity index (χ0n) is 20.3. The molecule has 0 amide bonds. The van der Waals surface area contributed by atoms with Crippen molar-refractivity contribution in [2.75, 3.05) is 52.9 Å². The molecule has 1 aliphatic rings. The molecule has 0 aliphatic heterocycles. The van der Waals surface area contributed by atoms with E-state index in [-0.39, 0.29) is 19.3 Å². The Morgan fingerprint density at radius 1 is 0.806 bits per heavy atom. The molecule has 0 aromatic heterocycles. The summed E-state index contributed by atoms with van der Waals surface area (Å²) in [7, 11) is 0. The third-order valence-electron chi connectivity index (χ3n) is 5.32. The lowest BCUT2D eigenvalue weighted by atomic mass is 9.91. The van der Waals surface area contributed by atoms with Gasteiger partial charge in [0, 0.05) is 12.2 Å². The van der Waals surface area contributed by atoms with E-state index in [0.717, 1.165) is 40.7 Å². The van der Waals surface area contributed by atoms with Crippen LogP contribution in [0.15, 0.2) is 67.8 Å². The molecule has 3 rings (SSSR count). The van der Waals surface area contributed by atoms with Crippen molar-refractivity contribution >= 4 is 22.7 Å². The minimum atomic E-state index is -0.464. The zero-order valence-corrected chi connectivity index (χ0v) is 20.3. The first-order valence-electron chi connectivity index (χ1n) is 11.8. The minimum Gasteiger partial charge on any atom is -0.491 e. The Labute approximate surface area is 211 Å². The summed E-state index contributed by atoms with van der Waals surface area (Å²) in [4.78, 5) is 22.0. The van der Waals surface area contributed by atoms with Gasteiger partial charge in [0.2, 0.25) is 0 Å². The van der Waals surface area contributed by atoms with Gasteiger partial charge in [-0.25, -0.2) is 9.59 Å². The van der Waals surface area contributed by atoms with Gasteiger partial charge in [0.05, 0.1) is 33.0 Å². The lowest BCUT2D eigenvalue weighted by molar-refractivity contribution is -0.140. The number of esters is 2. The Kier molecular flexibility index (Phi) is 11.2. The Balaban J connectivity index is 1.46. The van der Waals surface area contributed by atoms with Gasteiger partial charge in [-0.15, -0.1) is 0 Å². The van der Waals surface area contributed by atoms with Crippen LogP contribution in [0.2, 0.25) is 0 Å². The number of hydrogen-bond acceptors (Lipinski definition) is 8. The van der Waals surface area contributed by atoms with Crippen LogP contribution in [0.5, 0.6) is 5.75 Å². The first-order chi connectivity index (χ1) is 17.6. The topological polar surface area (TPSA) is 89.5 Å². The molecule has 0 heterocycles. The SMILES string of the molecule is C=CC(=O)OCCOCCOc1ccc2cc3c(cc2c1)C(OCCOCCOC(=O)C=C)C=CC3. The number of rotatable bonds is 16. The van der Waals surface area contributed by atoms with Gasteiger partial charge in [0.25, 0.3) is 0 Å². The van der Waals surface area contributed by atoms with Crippen LogP contribution in [-0.2, 0) is 39.7 Å². The van der Waals surface area contributed by atoms with Crippen molar-refractivity contribution in [3.8, 4) is 5.75 Å². The van der Waals surface area contributed by atoms with Crippen molar-refractivity contribution in [1.29, 1.82) is 0 Å². The van der Waals surface area contributed by atoms with Crippen LogP contribution in [0.4, 0.5) is 0 Å². The number of fused-ring (bicyclic) bond motifs is 2. The molecule has 0 bridgehead atoms. The molecule has 2 aromatic carbocycles. The van der Waals surface area contributed by atoms with Crippen molar-refractivity contribution in [1.82, 2.24) is 0 Å². The standard InChI is InChI=1S/C28H32O8/c1-3-27(29)35-16-12-31-10-14-33-24-9-8-21-18-22-6-5-7-26(25(22)20-23(21)19-24)34-15-11-32-13-17-36-28(30)4-2/h3-5,7-9,18-20,26H,1-2,6,10-17H2. The predicted molar refractivity (Wildman–Crippen MR) is 135 cm³/mol. The van der Waals surface area contributed by atoms with E-state index >= 15 is 0 Å². The van der Waals surface area contributed by atoms with Crippen molar-refractivity contribution in [3.63, 3.8) is 0 Å². The fourth-order valence-corrected chi connectivity index (χ4v) is 3.62. The number of benzene rings is 2. The van der Waals surface area contributed by atoms with Crippen molar-refractivity contribution in [3.05, 3.63) is 78.9 Å². The van der Waals surface area contributed by atoms with E-state index in [1.165, 1.54) is 5.56 Å². The smallest absolute Gasteiger partial charge is 0.330 e. The minimum absolute atomic E-state index is 0.159. The Bertz CT molecular complexity index is 1070. The molecule has 8 nitrogen and oxygen atoms in total. The maximum absolute atomic E-state index is 11.0. The normalized spacial score (nSPS) is 14.2. The summed E-state index contributed by atoms with van der Waals surface area (Å²) in [5.74, 6) is -0.177. The van der Waals surface area contributed by atoms with E-state index in [9.17, 15) is 9.59 Å². The highest BCUT2D eigenvalue weighted by Gasteiger charge is 2.18. The van der Waals surface area contributed by atoms with Crippen LogP contribution in [0.1, 0.15) is 17.2 Å². The Hall–Kier alpha value is -3.46. The van der Waals surface area contributed by atoms with Gasteiger partial charge < -0.3 is 28.4 Å². The van der Waals surface area contributed by atoms with E-state index in [4.69, 9.17) is 28.4 Å². The van der Waals surface area contributed by atoms with E-state index in [1.54, 1.807) is 0 Å². The molecule has 0 radical (unpaired) electrons. The molecule has 192 valence electrons. The average molecular weight is 497 g/mol. The van der Waals surface area contributed by atoms with Crippen LogP contribution in [0.3, 0.4) is 0 Å². The molecule has 36 heavy (non-hydrogen) atoms. The fraction of sp³-hybridized carbons (Fsp3) is 0.357. The van der Waals surface area contributed by atoms with Gasteiger partial charge in [0.15, 0.2) is 0 Å². The number of carbonyl (C=O) groups is 2. The number of ether oxygens (including phenoxy) is 6. The second-order valence-electron chi connectivity index (χ2n) is 7.80. The summed E-state index contributed by atoms with van der Waals surface area (Å²) in [5, 5.41) is 2.19. The summed E-state index contributed by atoms with van der Waals surface area (Å²) in [6.45, 7) is 9.24. The highest BCUT2D eigenvalue weighted by molar-refractivity contribution is 5.86. The van der Waals surface area contributed by atoms with Crippen LogP contribution >= 0.6 is 0 Å². The molecule has 8 heteroatoms. The average Bonchev–Trinajstić information content (AvgIpc) is 2.90. The first-order valence-corrected chi connectivity index (χ1v) is 11.8. The predicted octanol–water partition coefficient (Wildman–Crippen LogP) is 3.88. The van der Waals surface area contributed by atoms with Crippen LogP contribution in [0, 0.1) is 0 Å². The van der Waals surface area contributed by atoms with E-state index in [1.807, 2.05) is 18.2 Å². The molecule has 0 N–H and O–H groups in total. The molecule has 0 saturated carbocycles. The summed E-state index contributed by atoms with van der Waals surface area (Å²) < 4.78 is 32.5. The molecule has 1 aliphatic carbocycles. The number of allylic oxidation sites excluding steroid dienone is 1. The van der Waals surface area contributed by atoms with Crippen LogP contribution in [-0.4, -0.2) is 64.8 Å². The summed E-state index contributed by atoms with van der Waals surface area (Å²) in [6, 6.07) is 10.3. The molecule has 1 atom stereocenters. The Morgan fingerprint density at radius 3 is 2.17 bits per heavy atom. The second kappa shape index (κ2) is 14.8. The van der Waals surface area contributed by atoms with Gasteiger partial charge in [0.1, 0.15) is 31.7 Å².